The lowest BCUT2D eigenvalue weighted by Gasteiger charge is -2.22. The molecule has 1 aromatic heterocycles. The number of aromatic nitrogens is 2. The first-order valence-corrected chi connectivity index (χ1v) is 7.55. The van der Waals surface area contributed by atoms with E-state index in [2.05, 4.69) is 22.9 Å². The van der Waals surface area contributed by atoms with E-state index in [4.69, 9.17) is 9.72 Å². The normalized spacial score (nSPS) is 16.7. The van der Waals surface area contributed by atoms with Gasteiger partial charge in [-0.25, -0.2) is 4.98 Å². The molecule has 2 aromatic rings. The van der Waals surface area contributed by atoms with Gasteiger partial charge in [-0.3, -0.25) is 0 Å². The van der Waals surface area contributed by atoms with Crippen LogP contribution in [0.15, 0.2) is 18.2 Å². The van der Waals surface area contributed by atoms with E-state index >= 15 is 0 Å². The summed E-state index contributed by atoms with van der Waals surface area (Å²) in [4.78, 5) is 4.85. The van der Waals surface area contributed by atoms with Crippen LogP contribution >= 0.6 is 0 Å². The topological polar surface area (TPSA) is 39.1 Å². The average Bonchev–Trinajstić information content (AvgIpc) is 2.84. The van der Waals surface area contributed by atoms with Gasteiger partial charge < -0.3 is 14.6 Å². The van der Waals surface area contributed by atoms with E-state index in [0.717, 1.165) is 43.2 Å². The molecule has 0 bridgehead atoms. The predicted octanol–water partition coefficient (Wildman–Crippen LogP) is 2.61. The van der Waals surface area contributed by atoms with Crippen LogP contribution in [0.2, 0.25) is 0 Å². The van der Waals surface area contributed by atoms with Crippen LogP contribution in [0.1, 0.15) is 25.6 Å². The SMILES string of the molecule is CCn1c(CC2CCNCC2)nc2cc(OC)ccc21. The molecule has 4 nitrogen and oxygen atoms in total. The molecule has 1 N–H and O–H groups in total. The summed E-state index contributed by atoms with van der Waals surface area (Å²) in [6.07, 6.45) is 3.61. The van der Waals surface area contributed by atoms with E-state index < -0.39 is 0 Å². The molecule has 0 unspecified atom stereocenters. The smallest absolute Gasteiger partial charge is 0.121 e. The van der Waals surface area contributed by atoms with Gasteiger partial charge in [-0.2, -0.15) is 0 Å². The number of benzene rings is 1. The summed E-state index contributed by atoms with van der Waals surface area (Å²) in [5.74, 6) is 2.87. The lowest BCUT2D eigenvalue weighted by atomic mass is 9.94. The highest BCUT2D eigenvalue weighted by molar-refractivity contribution is 5.77. The number of piperidine rings is 1. The van der Waals surface area contributed by atoms with E-state index in [1.165, 1.54) is 24.2 Å². The molecule has 0 radical (unpaired) electrons. The highest BCUT2D eigenvalue weighted by atomic mass is 16.5. The first-order chi connectivity index (χ1) is 9.81. The number of hydrogen-bond acceptors (Lipinski definition) is 3. The molecular formula is C16H23N3O. The Labute approximate surface area is 120 Å². The van der Waals surface area contributed by atoms with Crippen LogP contribution in [-0.4, -0.2) is 29.8 Å². The second-order valence-corrected chi connectivity index (χ2v) is 5.52. The zero-order chi connectivity index (χ0) is 13.9. The number of fused-ring (bicyclic) bond motifs is 1. The minimum Gasteiger partial charge on any atom is -0.497 e. The van der Waals surface area contributed by atoms with Gasteiger partial charge in [0.2, 0.25) is 0 Å². The maximum Gasteiger partial charge on any atom is 0.121 e. The third-order valence-corrected chi connectivity index (χ3v) is 4.28. The van der Waals surface area contributed by atoms with Crippen molar-refractivity contribution in [3.63, 3.8) is 0 Å². The van der Waals surface area contributed by atoms with Crippen molar-refractivity contribution in [3.8, 4) is 5.75 Å². The maximum absolute atomic E-state index is 5.30. The van der Waals surface area contributed by atoms with Crippen molar-refractivity contribution >= 4 is 11.0 Å². The monoisotopic (exact) mass is 273 g/mol. The average molecular weight is 273 g/mol. The lowest BCUT2D eigenvalue weighted by molar-refractivity contribution is 0.364. The maximum atomic E-state index is 5.30. The molecule has 0 saturated carbocycles. The first kappa shape index (κ1) is 13.4. The fourth-order valence-electron chi connectivity index (χ4n) is 3.14. The number of nitrogens with zero attached hydrogens (tertiary/aromatic N) is 2. The molecule has 1 aromatic carbocycles. The molecule has 1 aliphatic rings. The molecule has 0 atom stereocenters. The van der Waals surface area contributed by atoms with Crippen molar-refractivity contribution in [2.75, 3.05) is 20.2 Å². The van der Waals surface area contributed by atoms with E-state index in [-0.39, 0.29) is 0 Å². The van der Waals surface area contributed by atoms with Gasteiger partial charge in [0, 0.05) is 19.0 Å². The minimum atomic E-state index is 0.764. The molecule has 3 rings (SSSR count). The summed E-state index contributed by atoms with van der Waals surface area (Å²) in [6, 6.07) is 6.18. The van der Waals surface area contributed by atoms with Crippen LogP contribution in [0.25, 0.3) is 11.0 Å². The molecule has 0 spiro atoms. The largest absolute Gasteiger partial charge is 0.497 e. The number of methoxy groups -OCH3 is 1. The Morgan fingerprint density at radius 3 is 2.85 bits per heavy atom. The first-order valence-electron chi connectivity index (χ1n) is 7.55. The van der Waals surface area contributed by atoms with Crippen molar-refractivity contribution in [1.29, 1.82) is 0 Å². The quantitative estimate of drug-likeness (QED) is 0.930. The zero-order valence-electron chi connectivity index (χ0n) is 12.4. The predicted molar refractivity (Wildman–Crippen MR) is 81.3 cm³/mol. The van der Waals surface area contributed by atoms with Crippen LogP contribution in [0.3, 0.4) is 0 Å². The molecule has 0 amide bonds. The van der Waals surface area contributed by atoms with Crippen LogP contribution in [-0.2, 0) is 13.0 Å². The third-order valence-electron chi connectivity index (χ3n) is 4.28. The van der Waals surface area contributed by atoms with Crippen LogP contribution in [0.5, 0.6) is 5.75 Å². The van der Waals surface area contributed by atoms with Crippen LogP contribution in [0, 0.1) is 5.92 Å². The summed E-state index contributed by atoms with van der Waals surface area (Å²) in [5, 5.41) is 3.43. The number of ether oxygens (including phenoxy) is 1. The van der Waals surface area contributed by atoms with Crippen molar-refractivity contribution < 1.29 is 4.74 Å². The number of nitrogens with one attached hydrogen (secondary N) is 1. The molecule has 4 heteroatoms. The molecule has 1 fully saturated rings. The Morgan fingerprint density at radius 1 is 1.35 bits per heavy atom. The van der Waals surface area contributed by atoms with Crippen LogP contribution < -0.4 is 10.1 Å². The Morgan fingerprint density at radius 2 is 2.15 bits per heavy atom. The van der Waals surface area contributed by atoms with E-state index in [1.807, 2.05) is 12.1 Å². The van der Waals surface area contributed by atoms with Crippen LogP contribution in [0.4, 0.5) is 0 Å². The van der Waals surface area contributed by atoms with E-state index in [1.54, 1.807) is 7.11 Å². The number of imidazole rings is 1. The Kier molecular flexibility index (Phi) is 3.92. The highest BCUT2D eigenvalue weighted by Gasteiger charge is 2.18. The molecule has 108 valence electrons. The molecule has 20 heavy (non-hydrogen) atoms. The van der Waals surface area contributed by atoms with Gasteiger partial charge >= 0.3 is 0 Å². The Hall–Kier alpha value is -1.55. The summed E-state index contributed by atoms with van der Waals surface area (Å²) >= 11 is 0. The van der Waals surface area contributed by atoms with Gasteiger partial charge in [-0.05, 0) is 50.9 Å². The number of aryl methyl sites for hydroxylation is 1. The fourth-order valence-corrected chi connectivity index (χ4v) is 3.14. The molecule has 1 aliphatic heterocycles. The van der Waals surface area contributed by atoms with E-state index in [0.29, 0.717) is 0 Å². The second kappa shape index (κ2) is 5.83. The molecule has 2 heterocycles. The van der Waals surface area contributed by atoms with Crippen molar-refractivity contribution in [2.45, 2.75) is 32.7 Å². The zero-order valence-corrected chi connectivity index (χ0v) is 12.4. The van der Waals surface area contributed by atoms with Gasteiger partial charge in [-0.15, -0.1) is 0 Å². The summed E-state index contributed by atoms with van der Waals surface area (Å²) in [7, 11) is 1.70. The summed E-state index contributed by atoms with van der Waals surface area (Å²) in [5.41, 5.74) is 2.27. The third kappa shape index (κ3) is 2.52. The van der Waals surface area contributed by atoms with E-state index in [9.17, 15) is 0 Å². The summed E-state index contributed by atoms with van der Waals surface area (Å²) < 4.78 is 7.64. The Balaban J connectivity index is 1.92. The fraction of sp³-hybridized carbons (Fsp3) is 0.562. The highest BCUT2D eigenvalue weighted by Crippen LogP contribution is 2.25. The van der Waals surface area contributed by atoms with Crippen molar-refractivity contribution in [1.82, 2.24) is 14.9 Å². The number of hydrogen-bond donors (Lipinski definition) is 1. The van der Waals surface area contributed by atoms with Gasteiger partial charge in [0.25, 0.3) is 0 Å². The Bertz CT molecular complexity index is 585. The number of rotatable bonds is 4. The van der Waals surface area contributed by atoms with Crippen molar-refractivity contribution in [2.24, 2.45) is 5.92 Å². The lowest BCUT2D eigenvalue weighted by Crippen LogP contribution is -2.29. The van der Waals surface area contributed by atoms with Gasteiger partial charge in [0.1, 0.15) is 11.6 Å². The molecule has 0 aliphatic carbocycles. The van der Waals surface area contributed by atoms with Gasteiger partial charge in [0.15, 0.2) is 0 Å². The van der Waals surface area contributed by atoms with Gasteiger partial charge in [-0.1, -0.05) is 0 Å². The standard InChI is InChI=1S/C16H23N3O/c1-3-19-15-5-4-13(20-2)11-14(15)18-16(19)10-12-6-8-17-9-7-12/h4-5,11-12,17H,3,6-10H2,1-2H3. The molecular weight excluding hydrogens is 250 g/mol. The summed E-state index contributed by atoms with van der Waals surface area (Å²) in [6.45, 7) is 5.45. The second-order valence-electron chi connectivity index (χ2n) is 5.52. The van der Waals surface area contributed by atoms with Gasteiger partial charge in [0.05, 0.1) is 18.1 Å². The molecule has 1 saturated heterocycles. The van der Waals surface area contributed by atoms with Crippen molar-refractivity contribution in [3.05, 3.63) is 24.0 Å². The minimum absolute atomic E-state index is 0.764.